The fourth-order valence-corrected chi connectivity index (χ4v) is 13.4. The van der Waals surface area contributed by atoms with Gasteiger partial charge in [0.05, 0.1) is 46.0 Å². The lowest BCUT2D eigenvalue weighted by molar-refractivity contribution is -0.149. The lowest BCUT2D eigenvalue weighted by Crippen LogP contribution is -2.52. The van der Waals surface area contributed by atoms with Gasteiger partial charge in [-0.25, -0.2) is 0 Å². The molecule has 3 aliphatic heterocycles. The average molecular weight is 807 g/mol. The van der Waals surface area contributed by atoms with Crippen molar-refractivity contribution >= 4 is 42.4 Å². The van der Waals surface area contributed by atoms with Crippen LogP contribution in [0.2, 0.25) is 18.6 Å². The minimum Gasteiger partial charge on any atom is -0.497 e. The number of methoxy groups -OCH3 is 1. The number of nitrogens with one attached hydrogen (secondary N) is 2. The van der Waals surface area contributed by atoms with Crippen LogP contribution in [0.15, 0.2) is 96.1 Å². The summed E-state index contributed by atoms with van der Waals surface area (Å²) in [7, 11) is -0.902. The standard InChI is InChI=1S/C47H62N4O6Si/c1-32(2)13-11-14-33(3)24-26-51-41-23-18-36(49-45(54)40-17-12-25-48-40)29-39(41)47(46(51)55)34(4)44(58(6,7)38-21-19-37(56-5)20-22-38)42(57-47)30-43(53)50(27-28-52)31-35-15-9-8-10-16-35/h8-10,13,15-16,18-24,29,34,40,42,44,48,52H,11-12,14,17,25-28,30-31H2,1-7H3,(H,49,54)/b33-24+/t34-,40-,42+,44-,47+/m1/s1. The maximum atomic E-state index is 15.4. The molecule has 6 rings (SSSR count). The minimum absolute atomic E-state index is 0.0476. The van der Waals surface area contributed by atoms with Crippen LogP contribution >= 0.6 is 0 Å². The Morgan fingerprint density at radius 2 is 1.81 bits per heavy atom. The van der Waals surface area contributed by atoms with E-state index < -0.39 is 19.8 Å². The Morgan fingerprint density at radius 3 is 2.47 bits per heavy atom. The molecule has 3 aromatic carbocycles. The van der Waals surface area contributed by atoms with Crippen LogP contribution in [-0.2, 0) is 31.3 Å². The Kier molecular flexibility index (Phi) is 13.8. The van der Waals surface area contributed by atoms with Gasteiger partial charge in [0.25, 0.3) is 5.91 Å². The highest BCUT2D eigenvalue weighted by Crippen LogP contribution is 2.60. The van der Waals surface area contributed by atoms with Crippen molar-refractivity contribution in [3.8, 4) is 5.75 Å². The molecular weight excluding hydrogens is 745 g/mol. The molecule has 0 bridgehead atoms. The van der Waals surface area contributed by atoms with Gasteiger partial charge in [0.2, 0.25) is 11.8 Å². The number of aliphatic hydroxyl groups excluding tert-OH is 1. The molecule has 2 fully saturated rings. The van der Waals surface area contributed by atoms with Crippen LogP contribution in [0.1, 0.15) is 70.9 Å². The third-order valence-corrected chi connectivity index (χ3v) is 16.9. The summed E-state index contributed by atoms with van der Waals surface area (Å²) in [5.74, 6) is 0.0327. The molecule has 11 heteroatoms. The Morgan fingerprint density at radius 1 is 1.07 bits per heavy atom. The third-order valence-electron chi connectivity index (χ3n) is 12.5. The predicted octanol–water partition coefficient (Wildman–Crippen LogP) is 7.05. The highest BCUT2D eigenvalue weighted by Gasteiger charge is 2.66. The van der Waals surface area contributed by atoms with E-state index in [2.05, 4.69) is 75.7 Å². The van der Waals surface area contributed by atoms with Crippen molar-refractivity contribution in [2.45, 2.75) is 103 Å². The van der Waals surface area contributed by atoms with Crippen molar-refractivity contribution in [1.29, 1.82) is 0 Å². The van der Waals surface area contributed by atoms with E-state index >= 15 is 4.79 Å². The third kappa shape index (κ3) is 9.02. The molecule has 310 valence electrons. The van der Waals surface area contributed by atoms with Crippen molar-refractivity contribution in [3.05, 3.63) is 107 Å². The number of nitrogens with zero attached hydrogens (tertiary/aromatic N) is 2. The lowest BCUT2D eigenvalue weighted by atomic mass is 9.82. The van der Waals surface area contributed by atoms with Crippen LogP contribution in [0, 0.1) is 5.92 Å². The van der Waals surface area contributed by atoms with E-state index in [0.29, 0.717) is 24.3 Å². The Balaban J connectivity index is 1.42. The summed E-state index contributed by atoms with van der Waals surface area (Å²) in [6.07, 6.45) is 7.33. The van der Waals surface area contributed by atoms with Gasteiger partial charge in [0.15, 0.2) is 5.60 Å². The quantitative estimate of drug-likeness (QED) is 0.105. The molecule has 0 saturated carbocycles. The zero-order chi connectivity index (χ0) is 41.6. The number of hydrogen-bond donors (Lipinski definition) is 3. The number of carbonyl (C=O) groups is 3. The first kappa shape index (κ1) is 43.0. The fourth-order valence-electron chi connectivity index (χ4n) is 9.37. The highest BCUT2D eigenvalue weighted by molar-refractivity contribution is 6.91. The van der Waals surface area contributed by atoms with Crippen molar-refractivity contribution in [1.82, 2.24) is 10.2 Å². The van der Waals surface area contributed by atoms with E-state index in [1.165, 1.54) is 16.3 Å². The number of hydrogen-bond acceptors (Lipinski definition) is 7. The molecular formula is C47H62N4O6Si. The Bertz CT molecular complexity index is 1990. The molecule has 0 aromatic heterocycles. The van der Waals surface area contributed by atoms with E-state index in [1.807, 2.05) is 65.6 Å². The van der Waals surface area contributed by atoms with Crippen molar-refractivity contribution in [2.75, 3.05) is 43.6 Å². The molecule has 0 aliphatic carbocycles. The monoisotopic (exact) mass is 806 g/mol. The lowest BCUT2D eigenvalue weighted by Gasteiger charge is -2.37. The summed E-state index contributed by atoms with van der Waals surface area (Å²) < 4.78 is 12.8. The van der Waals surface area contributed by atoms with Gasteiger partial charge in [-0.05, 0) is 94.4 Å². The van der Waals surface area contributed by atoms with E-state index in [4.69, 9.17) is 9.47 Å². The highest BCUT2D eigenvalue weighted by atomic mass is 28.3. The number of rotatable bonds is 16. The maximum Gasteiger partial charge on any atom is 0.264 e. The zero-order valence-electron chi connectivity index (χ0n) is 35.3. The van der Waals surface area contributed by atoms with Crippen LogP contribution in [-0.4, -0.2) is 81.3 Å². The van der Waals surface area contributed by atoms with Crippen molar-refractivity contribution in [3.63, 3.8) is 0 Å². The number of carbonyl (C=O) groups excluding carboxylic acids is 3. The molecule has 3 aliphatic rings. The van der Waals surface area contributed by atoms with Crippen LogP contribution < -0.4 is 25.5 Å². The molecule has 3 aromatic rings. The fraction of sp³-hybridized carbons (Fsp3) is 0.468. The van der Waals surface area contributed by atoms with E-state index in [9.17, 15) is 14.7 Å². The minimum atomic E-state index is -2.55. The van der Waals surface area contributed by atoms with Gasteiger partial charge in [-0.3, -0.25) is 14.4 Å². The number of aliphatic hydroxyl groups is 1. The molecule has 58 heavy (non-hydrogen) atoms. The zero-order valence-corrected chi connectivity index (χ0v) is 36.3. The number of anilines is 2. The van der Waals surface area contributed by atoms with Gasteiger partial charge in [-0.2, -0.15) is 0 Å². The van der Waals surface area contributed by atoms with Crippen molar-refractivity contribution < 1.29 is 29.0 Å². The molecule has 3 heterocycles. The summed E-state index contributed by atoms with van der Waals surface area (Å²) in [6.45, 7) is 14.5. The number of ether oxygens (including phenoxy) is 2. The number of allylic oxidation sites excluding steroid dienone is 3. The van der Waals surface area contributed by atoms with Gasteiger partial charge >= 0.3 is 0 Å². The van der Waals surface area contributed by atoms with Gasteiger partial charge in [0, 0.05) is 36.8 Å². The topological polar surface area (TPSA) is 120 Å². The molecule has 0 radical (unpaired) electrons. The van der Waals surface area contributed by atoms with Crippen molar-refractivity contribution in [2.24, 2.45) is 5.92 Å². The second kappa shape index (κ2) is 18.6. The van der Waals surface area contributed by atoms with Crippen LogP contribution in [0.3, 0.4) is 0 Å². The van der Waals surface area contributed by atoms with Crippen LogP contribution in [0.5, 0.6) is 5.75 Å². The van der Waals surface area contributed by atoms with Gasteiger partial charge < -0.3 is 35.0 Å². The summed E-state index contributed by atoms with van der Waals surface area (Å²) in [6, 6.07) is 23.4. The molecule has 3 N–H and O–H groups in total. The van der Waals surface area contributed by atoms with Gasteiger partial charge in [-0.1, -0.05) is 91.0 Å². The van der Waals surface area contributed by atoms with E-state index in [1.54, 1.807) is 12.0 Å². The van der Waals surface area contributed by atoms with Gasteiger partial charge in [0.1, 0.15) is 5.75 Å². The van der Waals surface area contributed by atoms with Crippen LogP contribution in [0.4, 0.5) is 11.4 Å². The molecule has 10 nitrogen and oxygen atoms in total. The molecule has 1 spiro atoms. The Hall–Kier alpha value is -4.55. The molecule has 5 atom stereocenters. The largest absolute Gasteiger partial charge is 0.497 e. The summed E-state index contributed by atoms with van der Waals surface area (Å²) >= 11 is 0. The van der Waals surface area contributed by atoms with E-state index in [0.717, 1.165) is 49.2 Å². The second-order valence-electron chi connectivity index (χ2n) is 17.0. The molecule has 2 saturated heterocycles. The van der Waals surface area contributed by atoms with Gasteiger partial charge in [-0.15, -0.1) is 0 Å². The first-order valence-electron chi connectivity index (χ1n) is 20.8. The molecule has 0 unspecified atom stereocenters. The second-order valence-corrected chi connectivity index (χ2v) is 21.7. The number of fused-ring (bicyclic) bond motifs is 2. The first-order valence-corrected chi connectivity index (χ1v) is 23.9. The average Bonchev–Trinajstić information content (AvgIpc) is 3.91. The van der Waals surface area contributed by atoms with Crippen LogP contribution in [0.25, 0.3) is 0 Å². The number of benzene rings is 3. The maximum absolute atomic E-state index is 15.4. The first-order chi connectivity index (χ1) is 27.8. The smallest absolute Gasteiger partial charge is 0.264 e. The summed E-state index contributed by atoms with van der Waals surface area (Å²) in [5.41, 5.74) is 3.94. The predicted molar refractivity (Wildman–Crippen MR) is 234 cm³/mol. The summed E-state index contributed by atoms with van der Waals surface area (Å²) in [4.78, 5) is 46.8. The summed E-state index contributed by atoms with van der Waals surface area (Å²) in [5, 5.41) is 17.7. The van der Waals surface area contributed by atoms with E-state index in [-0.39, 0.29) is 54.8 Å². The SMILES string of the molecule is COc1ccc([Si](C)(C)[C@H]2[C@H](CC(=O)N(CCO)Cc3ccccc3)O[C@@]3(C(=O)N(C/C=C(\C)CCC=C(C)C)c4ccc(NC(=O)[C@H]5CCCN5)cc43)[C@@H]2C)cc1. The molecule has 3 amide bonds. The normalized spacial score (nSPS) is 22.9. The Labute approximate surface area is 345 Å². The number of amides is 3.